The molecule has 1 aliphatic heterocycles. The van der Waals surface area contributed by atoms with Gasteiger partial charge in [-0.2, -0.15) is 13.2 Å². The summed E-state index contributed by atoms with van der Waals surface area (Å²) in [6.45, 7) is 1.34. The van der Waals surface area contributed by atoms with Gasteiger partial charge in [-0.05, 0) is 43.2 Å². The lowest BCUT2D eigenvalue weighted by molar-refractivity contribution is -0.137. The molecule has 0 spiro atoms. The molecule has 0 saturated carbocycles. The smallest absolute Gasteiger partial charge is 0.416 e. The molecule has 8 nitrogen and oxygen atoms in total. The number of nitrogens with one attached hydrogen (secondary N) is 2. The molecule has 4 aromatic rings. The third-order valence-electron chi connectivity index (χ3n) is 6.85. The highest BCUT2D eigenvalue weighted by Crippen LogP contribution is 2.32. The van der Waals surface area contributed by atoms with Crippen molar-refractivity contribution < 1.29 is 31.1 Å². The summed E-state index contributed by atoms with van der Waals surface area (Å²) < 4.78 is 73.1. The number of hydrogen-bond donors (Lipinski definition) is 2. The summed E-state index contributed by atoms with van der Waals surface area (Å²) in [7, 11) is -3.09. The van der Waals surface area contributed by atoms with Gasteiger partial charge in [-0.25, -0.2) is 13.4 Å². The molecule has 1 aromatic heterocycles. The zero-order valence-electron chi connectivity index (χ0n) is 22.4. The molecule has 1 saturated heterocycles. The first-order valence-electron chi connectivity index (χ1n) is 13.0. The Morgan fingerprint density at radius 3 is 2.45 bits per heavy atom. The number of sulfonamides is 1. The molecule has 0 unspecified atom stereocenters. The highest BCUT2D eigenvalue weighted by molar-refractivity contribution is 7.92. The molecule has 5 rings (SSSR count). The molecule has 42 heavy (non-hydrogen) atoms. The van der Waals surface area contributed by atoms with Crippen molar-refractivity contribution in [2.24, 2.45) is 0 Å². The maximum Gasteiger partial charge on any atom is 0.416 e. The van der Waals surface area contributed by atoms with Gasteiger partial charge in [0.2, 0.25) is 0 Å². The van der Waals surface area contributed by atoms with E-state index in [-0.39, 0.29) is 23.0 Å². The van der Waals surface area contributed by atoms with E-state index in [4.69, 9.17) is 9.72 Å². The van der Waals surface area contributed by atoms with E-state index in [1.165, 1.54) is 25.3 Å². The molecule has 0 atom stereocenters. The number of rotatable bonds is 8. The fraction of sp³-hybridized carbons (Fsp3) is 0.241. The highest BCUT2D eigenvalue weighted by atomic mass is 32.2. The number of carbonyl (C=O) groups is 1. The van der Waals surface area contributed by atoms with Crippen LogP contribution in [0.2, 0.25) is 0 Å². The number of alkyl halides is 3. The molecule has 2 N–H and O–H groups in total. The Bertz CT molecular complexity index is 1670. The minimum absolute atomic E-state index is 0.0150. The van der Waals surface area contributed by atoms with E-state index in [1.54, 1.807) is 11.3 Å². The Kier molecular flexibility index (Phi) is 8.41. The minimum Gasteiger partial charge on any atom is -0.497 e. The molecule has 2 heterocycles. The van der Waals surface area contributed by atoms with Crippen LogP contribution in [-0.2, 0) is 16.2 Å². The van der Waals surface area contributed by atoms with Gasteiger partial charge in [0.15, 0.2) is 5.13 Å². The number of aromatic nitrogens is 1. The van der Waals surface area contributed by atoms with Crippen molar-refractivity contribution in [2.75, 3.05) is 29.8 Å². The maximum absolute atomic E-state index is 13.3. The van der Waals surface area contributed by atoms with Gasteiger partial charge in [0.25, 0.3) is 15.9 Å². The first-order chi connectivity index (χ1) is 20.0. The molecule has 1 aliphatic rings. The van der Waals surface area contributed by atoms with Crippen LogP contribution in [0.1, 0.15) is 28.8 Å². The molecule has 0 radical (unpaired) electrons. The lowest BCUT2D eigenvalue weighted by Crippen LogP contribution is -2.44. The normalized spacial score (nSPS) is 14.4. The maximum atomic E-state index is 13.3. The Morgan fingerprint density at radius 2 is 1.76 bits per heavy atom. The minimum atomic E-state index is -4.72. The average molecular weight is 617 g/mol. The number of thiazole rings is 1. The summed E-state index contributed by atoms with van der Waals surface area (Å²) in [5.74, 6) is -0.252. The van der Waals surface area contributed by atoms with Crippen molar-refractivity contribution in [3.8, 4) is 17.0 Å². The number of hydrogen-bond acceptors (Lipinski definition) is 7. The molecule has 220 valence electrons. The second-order valence-corrected chi connectivity index (χ2v) is 12.2. The number of nitrogens with zero attached hydrogens (tertiary/aromatic N) is 2. The van der Waals surface area contributed by atoms with Crippen molar-refractivity contribution in [3.05, 3.63) is 89.3 Å². The van der Waals surface area contributed by atoms with Crippen LogP contribution in [0.15, 0.2) is 83.1 Å². The quantitative estimate of drug-likeness (QED) is 0.251. The number of ether oxygens (including phenoxy) is 1. The lowest BCUT2D eigenvalue weighted by atomic mass is 10.0. The Balaban J connectivity index is 1.27. The molecular formula is C29H27F3N4O4S2. The van der Waals surface area contributed by atoms with Crippen LogP contribution < -0.4 is 19.7 Å². The van der Waals surface area contributed by atoms with E-state index in [1.807, 2.05) is 35.7 Å². The first-order valence-corrected chi connectivity index (χ1v) is 15.3. The zero-order valence-corrected chi connectivity index (χ0v) is 24.0. The van der Waals surface area contributed by atoms with Crippen molar-refractivity contribution in [1.82, 2.24) is 10.3 Å². The van der Waals surface area contributed by atoms with Crippen LogP contribution in [0.5, 0.6) is 5.75 Å². The van der Waals surface area contributed by atoms with E-state index < -0.39 is 32.6 Å². The molecular weight excluding hydrogens is 589 g/mol. The van der Waals surface area contributed by atoms with E-state index in [2.05, 4.69) is 14.9 Å². The summed E-state index contributed by atoms with van der Waals surface area (Å²) in [6.07, 6.45) is -3.42. The molecule has 3 aromatic carbocycles. The van der Waals surface area contributed by atoms with Crippen LogP contribution in [0.25, 0.3) is 11.3 Å². The van der Waals surface area contributed by atoms with Gasteiger partial charge in [-0.1, -0.05) is 36.4 Å². The zero-order chi connectivity index (χ0) is 29.9. The van der Waals surface area contributed by atoms with Crippen LogP contribution >= 0.6 is 11.3 Å². The van der Waals surface area contributed by atoms with E-state index in [0.717, 1.165) is 34.6 Å². The van der Waals surface area contributed by atoms with Crippen molar-refractivity contribution in [1.29, 1.82) is 0 Å². The molecule has 0 bridgehead atoms. The van der Waals surface area contributed by atoms with Crippen molar-refractivity contribution in [3.63, 3.8) is 0 Å². The summed E-state index contributed by atoms with van der Waals surface area (Å²) in [4.78, 5) is 19.6. The van der Waals surface area contributed by atoms with Gasteiger partial charge in [-0.3, -0.25) is 9.52 Å². The fourth-order valence-electron chi connectivity index (χ4n) is 4.61. The van der Waals surface area contributed by atoms with Gasteiger partial charge in [0, 0.05) is 36.1 Å². The summed E-state index contributed by atoms with van der Waals surface area (Å²) in [5, 5.41) is 5.88. The molecule has 13 heteroatoms. The third-order valence-corrected chi connectivity index (χ3v) is 9.11. The third kappa shape index (κ3) is 6.68. The summed E-state index contributed by atoms with van der Waals surface area (Å²) in [5.41, 5.74) is 0.750. The number of halogens is 3. The monoisotopic (exact) mass is 616 g/mol. The number of amides is 1. The lowest BCUT2D eigenvalue weighted by Gasteiger charge is -2.32. The van der Waals surface area contributed by atoms with Gasteiger partial charge in [-0.15, -0.1) is 11.3 Å². The Morgan fingerprint density at radius 1 is 1.02 bits per heavy atom. The largest absolute Gasteiger partial charge is 0.497 e. The fourth-order valence-corrected chi connectivity index (χ4v) is 6.61. The Hall–Kier alpha value is -4.10. The first kappa shape index (κ1) is 29.4. The SMILES string of the molecule is COc1ccc(C(=O)NC2CCN(c3nc(-c4ccccc4)cs3)CC2)c(NS(=O)(=O)c2cccc(C(F)(F)F)c2)c1. The molecule has 1 amide bonds. The van der Waals surface area contributed by atoms with Gasteiger partial charge < -0.3 is 15.0 Å². The topological polar surface area (TPSA) is 101 Å². The van der Waals surface area contributed by atoms with Crippen molar-refractivity contribution >= 4 is 38.1 Å². The average Bonchev–Trinajstić information content (AvgIpc) is 3.48. The van der Waals surface area contributed by atoms with Crippen LogP contribution in [-0.4, -0.2) is 45.6 Å². The molecule has 0 aliphatic carbocycles. The van der Waals surface area contributed by atoms with Crippen molar-refractivity contribution in [2.45, 2.75) is 30.0 Å². The second-order valence-electron chi connectivity index (χ2n) is 9.66. The van der Waals surface area contributed by atoms with Crippen LogP contribution in [0, 0.1) is 0 Å². The number of anilines is 2. The Labute approximate surface area is 245 Å². The van der Waals surface area contributed by atoms with Crippen LogP contribution in [0.4, 0.5) is 24.0 Å². The number of carbonyl (C=O) groups excluding carboxylic acids is 1. The number of piperidine rings is 1. The number of methoxy groups -OCH3 is 1. The van der Waals surface area contributed by atoms with Gasteiger partial charge in [0.1, 0.15) is 5.75 Å². The second kappa shape index (κ2) is 12.0. The van der Waals surface area contributed by atoms with Crippen LogP contribution in [0.3, 0.4) is 0 Å². The van der Waals surface area contributed by atoms with E-state index in [9.17, 15) is 26.4 Å². The molecule has 1 fully saturated rings. The van der Waals surface area contributed by atoms with Gasteiger partial charge in [0.05, 0.1) is 34.5 Å². The van der Waals surface area contributed by atoms with E-state index in [0.29, 0.717) is 32.0 Å². The van der Waals surface area contributed by atoms with E-state index >= 15 is 0 Å². The summed E-state index contributed by atoms with van der Waals surface area (Å²) >= 11 is 1.56. The predicted molar refractivity (Wildman–Crippen MR) is 155 cm³/mol. The standard InChI is InChI=1S/C29H27F3N4O4S2/c1-40-22-10-11-24(25(17-22)35-42(38,39)23-9-5-8-20(16-23)29(30,31)32)27(37)33-21-12-14-36(15-13-21)28-34-26(18-41-28)19-6-3-2-4-7-19/h2-11,16-18,21,35H,12-15H2,1H3,(H,33,37). The predicted octanol–water partition coefficient (Wildman–Crippen LogP) is 6.04. The summed E-state index contributed by atoms with van der Waals surface area (Å²) in [6, 6.07) is 17.4. The highest BCUT2D eigenvalue weighted by Gasteiger charge is 2.32. The van der Waals surface area contributed by atoms with Gasteiger partial charge >= 0.3 is 6.18 Å². The number of benzene rings is 3.